The van der Waals surface area contributed by atoms with Gasteiger partial charge in [-0.3, -0.25) is 4.79 Å². The quantitative estimate of drug-likeness (QED) is 0.735. The maximum atomic E-state index is 12.2. The Morgan fingerprint density at radius 3 is 2.65 bits per heavy atom. The summed E-state index contributed by atoms with van der Waals surface area (Å²) in [5, 5.41) is 6.11. The second-order valence-corrected chi connectivity index (χ2v) is 5.46. The van der Waals surface area contributed by atoms with E-state index in [0.29, 0.717) is 23.9 Å². The summed E-state index contributed by atoms with van der Waals surface area (Å²) in [6.45, 7) is 5.34. The predicted octanol–water partition coefficient (Wildman–Crippen LogP) is 2.97. The fraction of sp³-hybridized carbons (Fsp3) is 0.389. The molecule has 2 aromatic rings. The van der Waals surface area contributed by atoms with Crippen molar-refractivity contribution in [3.8, 4) is 0 Å². The highest BCUT2D eigenvalue weighted by atomic mass is 16.1. The third kappa shape index (κ3) is 5.70. The van der Waals surface area contributed by atoms with E-state index in [9.17, 15) is 4.79 Å². The molecule has 1 amide bonds. The standard InChI is InChI=1S/C18H24N4O/c1-3-11-19-17-13-16(21-14(2)22-17)18(23)20-12-7-10-15-8-5-4-6-9-15/h4-6,8-9,13H,3,7,10-12H2,1-2H3,(H,20,23)(H,19,21,22). The molecule has 0 bridgehead atoms. The number of rotatable bonds is 8. The highest BCUT2D eigenvalue weighted by Gasteiger charge is 2.09. The molecule has 0 aliphatic heterocycles. The normalized spacial score (nSPS) is 10.3. The third-order valence-corrected chi connectivity index (χ3v) is 3.40. The van der Waals surface area contributed by atoms with Gasteiger partial charge in [-0.1, -0.05) is 37.3 Å². The first-order valence-electron chi connectivity index (χ1n) is 8.10. The van der Waals surface area contributed by atoms with E-state index in [0.717, 1.165) is 25.8 Å². The van der Waals surface area contributed by atoms with Crippen LogP contribution in [0.25, 0.3) is 0 Å². The maximum Gasteiger partial charge on any atom is 0.270 e. The van der Waals surface area contributed by atoms with Crippen molar-refractivity contribution in [3.05, 3.63) is 53.5 Å². The number of hydrogen-bond acceptors (Lipinski definition) is 4. The fourth-order valence-electron chi connectivity index (χ4n) is 2.26. The van der Waals surface area contributed by atoms with Gasteiger partial charge in [0, 0.05) is 19.2 Å². The number of aromatic nitrogens is 2. The van der Waals surface area contributed by atoms with E-state index in [2.05, 4.69) is 39.7 Å². The second-order valence-electron chi connectivity index (χ2n) is 5.46. The average Bonchev–Trinajstić information content (AvgIpc) is 2.57. The Bertz CT molecular complexity index is 628. The lowest BCUT2D eigenvalue weighted by Crippen LogP contribution is -2.26. The topological polar surface area (TPSA) is 66.9 Å². The molecule has 0 atom stereocenters. The molecule has 0 aliphatic rings. The molecule has 122 valence electrons. The van der Waals surface area contributed by atoms with Gasteiger partial charge in [0.1, 0.15) is 17.3 Å². The zero-order chi connectivity index (χ0) is 16.5. The molecule has 0 saturated carbocycles. The zero-order valence-electron chi connectivity index (χ0n) is 13.8. The van der Waals surface area contributed by atoms with E-state index in [1.807, 2.05) is 18.2 Å². The highest BCUT2D eigenvalue weighted by Crippen LogP contribution is 2.07. The number of amides is 1. The molecule has 1 heterocycles. The van der Waals surface area contributed by atoms with Crippen LogP contribution in [-0.4, -0.2) is 29.0 Å². The van der Waals surface area contributed by atoms with Crippen LogP contribution >= 0.6 is 0 Å². The molecule has 0 unspecified atom stereocenters. The molecule has 0 radical (unpaired) electrons. The molecule has 5 heteroatoms. The van der Waals surface area contributed by atoms with Crippen LogP contribution in [0.3, 0.4) is 0 Å². The number of nitrogens with one attached hydrogen (secondary N) is 2. The number of benzene rings is 1. The van der Waals surface area contributed by atoms with E-state index in [4.69, 9.17) is 0 Å². The van der Waals surface area contributed by atoms with Gasteiger partial charge in [0.2, 0.25) is 0 Å². The Hall–Kier alpha value is -2.43. The fourth-order valence-corrected chi connectivity index (χ4v) is 2.26. The predicted molar refractivity (Wildman–Crippen MR) is 92.6 cm³/mol. The van der Waals surface area contributed by atoms with Gasteiger partial charge in [0.15, 0.2) is 0 Å². The van der Waals surface area contributed by atoms with Gasteiger partial charge in [-0.15, -0.1) is 0 Å². The molecule has 2 N–H and O–H groups in total. The van der Waals surface area contributed by atoms with Crippen LogP contribution in [0.2, 0.25) is 0 Å². The lowest BCUT2D eigenvalue weighted by molar-refractivity contribution is 0.0948. The largest absolute Gasteiger partial charge is 0.370 e. The summed E-state index contributed by atoms with van der Waals surface area (Å²) in [6, 6.07) is 12.0. The number of carbonyl (C=O) groups excluding carboxylic acids is 1. The maximum absolute atomic E-state index is 12.2. The lowest BCUT2D eigenvalue weighted by atomic mass is 10.1. The van der Waals surface area contributed by atoms with Crippen LogP contribution in [0.1, 0.15) is 41.6 Å². The van der Waals surface area contributed by atoms with Crippen molar-refractivity contribution in [1.82, 2.24) is 15.3 Å². The van der Waals surface area contributed by atoms with Crippen LogP contribution in [-0.2, 0) is 6.42 Å². The average molecular weight is 312 g/mol. The van der Waals surface area contributed by atoms with Gasteiger partial charge in [-0.05, 0) is 31.7 Å². The minimum atomic E-state index is -0.150. The van der Waals surface area contributed by atoms with E-state index < -0.39 is 0 Å². The Balaban J connectivity index is 1.84. The van der Waals surface area contributed by atoms with Crippen molar-refractivity contribution in [1.29, 1.82) is 0 Å². The molecule has 0 fully saturated rings. The van der Waals surface area contributed by atoms with Crippen LogP contribution < -0.4 is 10.6 Å². The van der Waals surface area contributed by atoms with Crippen LogP contribution in [0.5, 0.6) is 0 Å². The van der Waals surface area contributed by atoms with Gasteiger partial charge >= 0.3 is 0 Å². The first-order valence-corrected chi connectivity index (χ1v) is 8.10. The summed E-state index contributed by atoms with van der Waals surface area (Å²) >= 11 is 0. The summed E-state index contributed by atoms with van der Waals surface area (Å²) in [5.41, 5.74) is 1.70. The smallest absolute Gasteiger partial charge is 0.270 e. The van der Waals surface area contributed by atoms with E-state index in [-0.39, 0.29) is 5.91 Å². The molecular formula is C18H24N4O. The molecule has 2 rings (SSSR count). The van der Waals surface area contributed by atoms with E-state index in [1.165, 1.54) is 5.56 Å². The Morgan fingerprint density at radius 1 is 1.13 bits per heavy atom. The molecule has 1 aromatic heterocycles. The van der Waals surface area contributed by atoms with Crippen molar-refractivity contribution in [2.75, 3.05) is 18.4 Å². The van der Waals surface area contributed by atoms with Crippen LogP contribution in [0, 0.1) is 6.92 Å². The molecule has 0 spiro atoms. The van der Waals surface area contributed by atoms with Gasteiger partial charge in [0.25, 0.3) is 5.91 Å². The first-order chi connectivity index (χ1) is 11.2. The van der Waals surface area contributed by atoms with Crippen LogP contribution in [0.15, 0.2) is 36.4 Å². The summed E-state index contributed by atoms with van der Waals surface area (Å²) < 4.78 is 0. The van der Waals surface area contributed by atoms with E-state index >= 15 is 0 Å². The van der Waals surface area contributed by atoms with Gasteiger partial charge in [-0.25, -0.2) is 9.97 Å². The highest BCUT2D eigenvalue weighted by molar-refractivity contribution is 5.92. The summed E-state index contributed by atoms with van der Waals surface area (Å²) in [4.78, 5) is 20.7. The SMILES string of the molecule is CCCNc1cc(C(=O)NCCCc2ccccc2)nc(C)n1. The third-order valence-electron chi connectivity index (χ3n) is 3.40. The monoisotopic (exact) mass is 312 g/mol. The Morgan fingerprint density at radius 2 is 1.91 bits per heavy atom. The first kappa shape index (κ1) is 16.9. The molecule has 5 nitrogen and oxygen atoms in total. The number of aryl methyl sites for hydroxylation is 2. The van der Waals surface area contributed by atoms with Crippen molar-refractivity contribution < 1.29 is 4.79 Å². The van der Waals surface area contributed by atoms with Gasteiger partial charge in [-0.2, -0.15) is 0 Å². The number of anilines is 1. The summed E-state index contributed by atoms with van der Waals surface area (Å²) in [7, 11) is 0. The number of hydrogen-bond donors (Lipinski definition) is 2. The zero-order valence-corrected chi connectivity index (χ0v) is 13.8. The van der Waals surface area contributed by atoms with Crippen molar-refractivity contribution in [3.63, 3.8) is 0 Å². The minimum absolute atomic E-state index is 0.150. The Kier molecular flexibility index (Phi) is 6.54. The summed E-state index contributed by atoms with van der Waals surface area (Å²) in [6.07, 6.45) is 2.86. The lowest BCUT2D eigenvalue weighted by Gasteiger charge is -2.08. The Labute approximate surface area is 137 Å². The summed E-state index contributed by atoms with van der Waals surface area (Å²) in [5.74, 6) is 1.15. The molecular weight excluding hydrogens is 288 g/mol. The molecule has 0 saturated heterocycles. The number of nitrogens with zero attached hydrogens (tertiary/aromatic N) is 2. The van der Waals surface area contributed by atoms with Crippen molar-refractivity contribution in [2.24, 2.45) is 0 Å². The second kappa shape index (κ2) is 8.88. The van der Waals surface area contributed by atoms with Crippen LogP contribution in [0.4, 0.5) is 5.82 Å². The number of carbonyl (C=O) groups is 1. The van der Waals surface area contributed by atoms with Crippen molar-refractivity contribution in [2.45, 2.75) is 33.1 Å². The molecule has 1 aromatic carbocycles. The van der Waals surface area contributed by atoms with Gasteiger partial charge in [0.05, 0.1) is 0 Å². The molecule has 0 aliphatic carbocycles. The molecule has 23 heavy (non-hydrogen) atoms. The van der Waals surface area contributed by atoms with E-state index in [1.54, 1.807) is 13.0 Å². The van der Waals surface area contributed by atoms with Crippen molar-refractivity contribution >= 4 is 11.7 Å². The minimum Gasteiger partial charge on any atom is -0.370 e. The van der Waals surface area contributed by atoms with Gasteiger partial charge < -0.3 is 10.6 Å².